The van der Waals surface area contributed by atoms with E-state index in [1.54, 1.807) is 0 Å². The van der Waals surface area contributed by atoms with Gasteiger partial charge in [0.05, 0.1) is 0 Å². The number of benzene rings is 5. The molecule has 50 heavy (non-hydrogen) atoms. The number of nitrogens with zero attached hydrogens (tertiary/aromatic N) is 2. The monoisotopic (exact) mass is 648 g/mol. The molecule has 2 aromatic heterocycles. The molecule has 0 aliphatic carbocycles. The Hall–Kier alpha value is -5.60. The van der Waals surface area contributed by atoms with E-state index in [0.29, 0.717) is 0 Å². The van der Waals surface area contributed by atoms with Gasteiger partial charge in [0.15, 0.2) is 0 Å². The van der Waals surface area contributed by atoms with E-state index >= 15 is 0 Å². The maximum atomic E-state index is 4.53. The van der Waals surface area contributed by atoms with E-state index in [1.807, 2.05) is 24.8 Å². The quantitative estimate of drug-likeness (QED) is 0.147. The smallest absolute Gasteiger partial charge is 0.0349 e. The van der Waals surface area contributed by atoms with Gasteiger partial charge in [0.2, 0.25) is 0 Å². The lowest BCUT2D eigenvalue weighted by molar-refractivity contribution is 1.12. The van der Waals surface area contributed by atoms with E-state index in [2.05, 4.69) is 159 Å². The van der Waals surface area contributed by atoms with Gasteiger partial charge >= 0.3 is 0 Å². The van der Waals surface area contributed by atoms with Crippen LogP contribution in [-0.4, -0.2) is 9.97 Å². The van der Waals surface area contributed by atoms with Crippen molar-refractivity contribution in [1.82, 2.24) is 9.97 Å². The van der Waals surface area contributed by atoms with Gasteiger partial charge in [-0.25, -0.2) is 0 Å². The zero-order valence-electron chi connectivity index (χ0n) is 29.6. The van der Waals surface area contributed by atoms with Gasteiger partial charge < -0.3 is 0 Å². The fraction of sp³-hybridized carbons (Fsp3) is 0.167. The van der Waals surface area contributed by atoms with Gasteiger partial charge in [-0.05, 0) is 140 Å². The number of rotatable bonds is 10. The Morgan fingerprint density at radius 3 is 1.08 bits per heavy atom. The fourth-order valence-corrected chi connectivity index (χ4v) is 7.35. The molecule has 0 radical (unpaired) electrons. The molecule has 0 spiro atoms. The summed E-state index contributed by atoms with van der Waals surface area (Å²) in [5.74, 6) is 0. The average molecular weight is 649 g/mol. The van der Waals surface area contributed by atoms with Crippen LogP contribution >= 0.6 is 0 Å². The molecule has 0 unspecified atom stereocenters. The van der Waals surface area contributed by atoms with Crippen molar-refractivity contribution in [3.63, 3.8) is 0 Å². The summed E-state index contributed by atoms with van der Waals surface area (Å²) < 4.78 is 0. The molecule has 0 saturated carbocycles. The molecule has 246 valence electrons. The third kappa shape index (κ3) is 6.42. The predicted octanol–water partition coefficient (Wildman–Crippen LogP) is 12.7. The first-order chi connectivity index (χ1) is 24.6. The lowest BCUT2D eigenvalue weighted by Gasteiger charge is -2.22. The van der Waals surface area contributed by atoms with Crippen LogP contribution in [-0.2, 0) is 25.7 Å². The number of hydrogen-bond donors (Lipinski definition) is 0. The lowest BCUT2D eigenvalue weighted by atomic mass is 9.82. The van der Waals surface area contributed by atoms with Crippen molar-refractivity contribution in [3.8, 4) is 66.8 Å². The molecule has 7 rings (SSSR count). The molecule has 0 N–H and O–H groups in total. The van der Waals surface area contributed by atoms with Crippen molar-refractivity contribution in [2.24, 2.45) is 0 Å². The van der Waals surface area contributed by atoms with Crippen LogP contribution in [0.3, 0.4) is 0 Å². The van der Waals surface area contributed by atoms with Gasteiger partial charge in [-0.3, -0.25) is 9.97 Å². The molecule has 0 fully saturated rings. The summed E-state index contributed by atoms with van der Waals surface area (Å²) in [6.45, 7) is 8.96. The van der Waals surface area contributed by atoms with Gasteiger partial charge in [-0.2, -0.15) is 0 Å². The highest BCUT2D eigenvalue weighted by atomic mass is 14.6. The van der Waals surface area contributed by atoms with E-state index in [9.17, 15) is 0 Å². The van der Waals surface area contributed by atoms with Crippen molar-refractivity contribution in [2.75, 3.05) is 0 Å². The predicted molar refractivity (Wildman–Crippen MR) is 212 cm³/mol. The van der Waals surface area contributed by atoms with Crippen LogP contribution in [0.1, 0.15) is 49.9 Å². The summed E-state index contributed by atoms with van der Waals surface area (Å²) in [6.07, 6.45) is 11.6. The van der Waals surface area contributed by atoms with Crippen molar-refractivity contribution in [2.45, 2.75) is 53.4 Å². The van der Waals surface area contributed by atoms with Crippen LogP contribution in [0, 0.1) is 0 Å². The first-order valence-corrected chi connectivity index (χ1v) is 18.0. The van der Waals surface area contributed by atoms with E-state index < -0.39 is 0 Å². The van der Waals surface area contributed by atoms with Gasteiger partial charge in [0.25, 0.3) is 0 Å². The molecule has 0 amide bonds. The van der Waals surface area contributed by atoms with Crippen molar-refractivity contribution >= 4 is 0 Å². The summed E-state index contributed by atoms with van der Waals surface area (Å²) in [7, 11) is 0. The average Bonchev–Trinajstić information content (AvgIpc) is 3.20. The minimum atomic E-state index is 0.937. The highest BCUT2D eigenvalue weighted by Crippen LogP contribution is 2.45. The van der Waals surface area contributed by atoms with Crippen LogP contribution in [0.5, 0.6) is 0 Å². The molecule has 2 heteroatoms. The Bertz CT molecular complexity index is 2090. The molecule has 7 aromatic rings. The molecule has 0 atom stereocenters. The third-order valence-corrected chi connectivity index (χ3v) is 10.1. The van der Waals surface area contributed by atoms with Gasteiger partial charge in [0.1, 0.15) is 0 Å². The first-order valence-electron chi connectivity index (χ1n) is 18.0. The van der Waals surface area contributed by atoms with Crippen LogP contribution in [0.2, 0.25) is 0 Å². The minimum Gasteiger partial charge on any atom is -0.264 e. The Morgan fingerprint density at radius 1 is 0.320 bits per heavy atom. The molecule has 5 aromatic carbocycles. The molecule has 0 aliphatic rings. The Labute approximate surface area is 297 Å². The summed E-state index contributed by atoms with van der Waals surface area (Å²) >= 11 is 0. The Morgan fingerprint density at radius 2 is 0.700 bits per heavy atom. The molecule has 2 nitrogen and oxygen atoms in total. The normalized spacial score (nSPS) is 11.1. The highest BCUT2D eigenvalue weighted by Gasteiger charge is 2.20. The van der Waals surface area contributed by atoms with Crippen molar-refractivity contribution in [3.05, 3.63) is 168 Å². The maximum absolute atomic E-state index is 4.53. The standard InChI is InChI=1S/C48H44N2/c1-5-33-19-21-39(47-31-49-25-23-35(47)7-3)27-41(33)45-29-44(38-17-13-10-14-18-38)46(30-43(45)37-15-11-9-12-16-37)42-28-40(22-20-34(42)6-2)48-32-50-26-24-36(48)8-4/h9-32H,5-8H2,1-4H3. The third-order valence-electron chi connectivity index (χ3n) is 10.1. The van der Waals surface area contributed by atoms with Crippen LogP contribution in [0.25, 0.3) is 66.8 Å². The van der Waals surface area contributed by atoms with Crippen molar-refractivity contribution < 1.29 is 0 Å². The molecule has 0 aliphatic heterocycles. The summed E-state index contributed by atoms with van der Waals surface area (Å²) in [6, 6.07) is 45.0. The zero-order valence-corrected chi connectivity index (χ0v) is 29.6. The van der Waals surface area contributed by atoms with E-state index in [-0.39, 0.29) is 0 Å². The molecule has 0 saturated heterocycles. The first kappa shape index (κ1) is 32.9. The Kier molecular flexibility index (Phi) is 9.80. The molecular formula is C48H44N2. The summed E-state index contributed by atoms with van der Waals surface area (Å²) in [5.41, 5.74) is 20.0. The van der Waals surface area contributed by atoms with E-state index in [1.165, 1.54) is 89.0 Å². The topological polar surface area (TPSA) is 25.8 Å². The Balaban J connectivity index is 1.55. The van der Waals surface area contributed by atoms with Crippen LogP contribution in [0.15, 0.2) is 146 Å². The van der Waals surface area contributed by atoms with Crippen molar-refractivity contribution in [1.29, 1.82) is 0 Å². The van der Waals surface area contributed by atoms with Gasteiger partial charge in [-0.15, -0.1) is 0 Å². The summed E-state index contributed by atoms with van der Waals surface area (Å²) in [4.78, 5) is 9.06. The minimum absolute atomic E-state index is 0.937. The largest absolute Gasteiger partial charge is 0.264 e. The molecule has 2 heterocycles. The fourth-order valence-electron chi connectivity index (χ4n) is 7.35. The number of aryl methyl sites for hydroxylation is 4. The lowest BCUT2D eigenvalue weighted by Crippen LogP contribution is -1.98. The molecular weight excluding hydrogens is 605 g/mol. The van der Waals surface area contributed by atoms with Gasteiger partial charge in [-0.1, -0.05) is 113 Å². The molecule has 0 bridgehead atoms. The van der Waals surface area contributed by atoms with E-state index in [4.69, 9.17) is 0 Å². The zero-order chi connectivity index (χ0) is 34.5. The highest BCUT2D eigenvalue weighted by molar-refractivity contribution is 5.97. The number of aromatic nitrogens is 2. The van der Waals surface area contributed by atoms with Crippen LogP contribution in [0.4, 0.5) is 0 Å². The number of pyridine rings is 2. The second-order valence-corrected chi connectivity index (χ2v) is 12.9. The van der Waals surface area contributed by atoms with Crippen LogP contribution < -0.4 is 0 Å². The maximum Gasteiger partial charge on any atom is 0.0349 e. The number of hydrogen-bond acceptors (Lipinski definition) is 2. The van der Waals surface area contributed by atoms with Gasteiger partial charge in [0, 0.05) is 35.9 Å². The summed E-state index contributed by atoms with van der Waals surface area (Å²) in [5, 5.41) is 0. The second kappa shape index (κ2) is 14.9. The SMILES string of the molecule is CCc1ccncc1-c1ccc(CC)c(-c2cc(-c3ccccc3)c(-c3cc(-c4cnccc4CC)ccc3CC)cc2-c2ccccc2)c1. The second-order valence-electron chi connectivity index (χ2n) is 12.9. The van der Waals surface area contributed by atoms with E-state index in [0.717, 1.165) is 25.7 Å².